The quantitative estimate of drug-likeness (QED) is 0.168. The first-order chi connectivity index (χ1) is 23.6. The number of rotatable bonds is 15. The summed E-state index contributed by atoms with van der Waals surface area (Å²) in [5, 5.41) is 22.8. The molecular formula is C39H53N5O5. The van der Waals surface area contributed by atoms with Crippen molar-refractivity contribution in [3.05, 3.63) is 72.1 Å². The number of nitrogens with zero attached hydrogens (tertiary/aromatic N) is 3. The van der Waals surface area contributed by atoms with Crippen LogP contribution >= 0.6 is 0 Å². The van der Waals surface area contributed by atoms with Crippen LogP contribution in [0.1, 0.15) is 75.9 Å². The molecule has 264 valence electrons. The van der Waals surface area contributed by atoms with Crippen molar-refractivity contribution in [3.8, 4) is 11.5 Å². The van der Waals surface area contributed by atoms with E-state index in [1.54, 1.807) is 26.5 Å². The van der Waals surface area contributed by atoms with E-state index < -0.39 is 22.3 Å². The van der Waals surface area contributed by atoms with E-state index in [0.29, 0.717) is 24.2 Å². The van der Waals surface area contributed by atoms with Crippen molar-refractivity contribution in [2.45, 2.75) is 76.8 Å². The maximum atomic E-state index is 14.9. The first kappa shape index (κ1) is 35.0. The zero-order chi connectivity index (χ0) is 35.0. The smallest absolute Gasteiger partial charge is 0.312 e. The van der Waals surface area contributed by atoms with Crippen molar-refractivity contribution in [2.24, 2.45) is 23.2 Å². The Kier molecular flexibility index (Phi) is 9.83. The average Bonchev–Trinajstić information content (AvgIpc) is 3.64. The number of methoxy groups -OCH3 is 2. The standard InChI is InChI=1S/C39H53N5O5/c1-7-43(8-2)21-13-19-40-34-29-22-27-23-37(34,33-31(48-5)16-12-17-32(33)49-6)25-38(24-27,39(29,26(3)4)36(46)47)44(28-14-10-9-11-15-28)35(45)30-18-20-41-42-30/h9-12,14-18,20,26-27,29,34,40H,7-8,13,19,21-25H2,1-6H3,(H,41,42)(H,46,47). The lowest BCUT2D eigenvalue weighted by Gasteiger charge is -2.75. The topological polar surface area (TPSA) is 120 Å². The lowest BCUT2D eigenvalue weighted by Crippen LogP contribution is -2.83. The van der Waals surface area contributed by atoms with Crippen molar-refractivity contribution in [3.63, 3.8) is 0 Å². The molecule has 7 rings (SSSR count). The third-order valence-electron chi connectivity index (χ3n) is 12.3. The maximum absolute atomic E-state index is 14.9. The van der Waals surface area contributed by atoms with E-state index in [1.165, 1.54) is 0 Å². The summed E-state index contributed by atoms with van der Waals surface area (Å²) in [5.74, 6) is -0.0628. The van der Waals surface area contributed by atoms with Gasteiger partial charge in [-0.1, -0.05) is 52.0 Å². The molecule has 49 heavy (non-hydrogen) atoms. The summed E-state index contributed by atoms with van der Waals surface area (Å²) in [6.45, 7) is 12.1. The van der Waals surface area contributed by atoms with Gasteiger partial charge in [0.05, 0.1) is 25.2 Å². The van der Waals surface area contributed by atoms with Gasteiger partial charge in [-0.05, 0) is 106 Å². The molecule has 3 aromatic rings. The minimum Gasteiger partial charge on any atom is -0.496 e. The molecule has 3 N–H and O–H groups in total. The molecule has 4 fully saturated rings. The fraction of sp³-hybridized carbons (Fsp3) is 0.564. The van der Waals surface area contributed by atoms with Gasteiger partial charge in [0, 0.05) is 28.9 Å². The Morgan fingerprint density at radius 2 is 1.71 bits per heavy atom. The summed E-state index contributed by atoms with van der Waals surface area (Å²) < 4.78 is 12.2. The van der Waals surface area contributed by atoms with Crippen LogP contribution in [0.5, 0.6) is 11.5 Å². The fourth-order valence-electron chi connectivity index (χ4n) is 10.8. The van der Waals surface area contributed by atoms with Crippen LogP contribution in [0, 0.1) is 23.2 Å². The van der Waals surface area contributed by atoms with Gasteiger partial charge in [-0.15, -0.1) is 0 Å². The number of benzene rings is 2. The monoisotopic (exact) mass is 671 g/mol. The Balaban J connectivity index is 1.62. The van der Waals surface area contributed by atoms with E-state index in [4.69, 9.17) is 9.47 Å². The van der Waals surface area contributed by atoms with Gasteiger partial charge in [0.2, 0.25) is 0 Å². The highest BCUT2D eigenvalue weighted by Crippen LogP contribution is 2.74. The second-order valence-corrected chi connectivity index (χ2v) is 14.6. The molecule has 10 nitrogen and oxygen atoms in total. The van der Waals surface area contributed by atoms with Gasteiger partial charge in [-0.3, -0.25) is 19.6 Å². The van der Waals surface area contributed by atoms with Gasteiger partial charge < -0.3 is 24.8 Å². The first-order valence-corrected chi connectivity index (χ1v) is 17.9. The van der Waals surface area contributed by atoms with Gasteiger partial charge in [0.15, 0.2) is 0 Å². The largest absolute Gasteiger partial charge is 0.496 e. The lowest BCUT2D eigenvalue weighted by molar-refractivity contribution is -0.204. The zero-order valence-electron chi connectivity index (χ0n) is 29.9. The predicted octanol–water partition coefficient (Wildman–Crippen LogP) is 6.00. The van der Waals surface area contributed by atoms with Crippen LogP contribution in [0.4, 0.5) is 5.69 Å². The molecule has 6 atom stereocenters. The minimum atomic E-state index is -1.27. The molecule has 0 saturated heterocycles. The summed E-state index contributed by atoms with van der Waals surface area (Å²) in [4.78, 5) is 33.6. The van der Waals surface area contributed by atoms with Crippen molar-refractivity contribution in [1.29, 1.82) is 0 Å². The SMILES string of the molecule is CCN(CC)CCCNC1C2CC3CC1(c1c(OC)cccc1OC)CC(N(C(=O)c1ccn[nH]1)c1ccccc1)(C3)C2(C(=O)O)C(C)C. The highest BCUT2D eigenvalue weighted by atomic mass is 16.5. The molecule has 10 heteroatoms. The number of hydrogen-bond acceptors (Lipinski definition) is 7. The molecule has 4 aliphatic carbocycles. The van der Waals surface area contributed by atoms with Crippen LogP contribution in [0.15, 0.2) is 60.8 Å². The molecule has 0 aliphatic heterocycles. The zero-order valence-corrected chi connectivity index (χ0v) is 29.9. The number of nitrogens with one attached hydrogen (secondary N) is 2. The van der Waals surface area contributed by atoms with Gasteiger partial charge in [0.25, 0.3) is 5.91 Å². The molecular weight excluding hydrogens is 618 g/mol. The first-order valence-electron chi connectivity index (χ1n) is 17.9. The molecule has 4 bridgehead atoms. The van der Waals surface area contributed by atoms with Crippen LogP contribution < -0.4 is 19.7 Å². The van der Waals surface area contributed by atoms with E-state index in [-0.39, 0.29) is 29.7 Å². The second-order valence-electron chi connectivity index (χ2n) is 14.6. The average molecular weight is 672 g/mol. The predicted molar refractivity (Wildman–Crippen MR) is 190 cm³/mol. The molecule has 4 aliphatic rings. The number of para-hydroxylation sites is 1. The van der Waals surface area contributed by atoms with Crippen LogP contribution in [0.3, 0.4) is 0 Å². The van der Waals surface area contributed by atoms with Crippen LogP contribution in [0.2, 0.25) is 0 Å². The third kappa shape index (κ3) is 5.33. The summed E-state index contributed by atoms with van der Waals surface area (Å²) in [6.07, 6.45) is 5.12. The Labute approximate surface area is 290 Å². The highest BCUT2D eigenvalue weighted by molar-refractivity contribution is 6.07. The molecule has 2 aromatic carbocycles. The number of amides is 1. The molecule has 6 unspecified atom stereocenters. The van der Waals surface area contributed by atoms with Gasteiger partial charge in [-0.2, -0.15) is 5.10 Å². The number of ether oxygens (including phenoxy) is 2. The summed E-state index contributed by atoms with van der Waals surface area (Å²) in [5.41, 5.74) is -0.976. The summed E-state index contributed by atoms with van der Waals surface area (Å²) in [6, 6.07) is 17.0. The molecule has 0 radical (unpaired) electrons. The molecule has 4 saturated carbocycles. The number of carboxylic acids is 1. The third-order valence-corrected chi connectivity index (χ3v) is 12.3. The number of carbonyl (C=O) groups is 2. The van der Waals surface area contributed by atoms with E-state index in [2.05, 4.69) is 34.3 Å². The maximum Gasteiger partial charge on any atom is 0.312 e. The number of carboxylic acid groups (broad SMARTS) is 1. The highest BCUT2D eigenvalue weighted by Gasteiger charge is 2.79. The number of hydrogen-bond donors (Lipinski definition) is 3. The lowest BCUT2D eigenvalue weighted by atomic mass is 9.33. The van der Waals surface area contributed by atoms with E-state index in [9.17, 15) is 14.7 Å². The molecule has 0 spiro atoms. The Bertz CT molecular complexity index is 1590. The van der Waals surface area contributed by atoms with E-state index in [0.717, 1.165) is 62.5 Å². The van der Waals surface area contributed by atoms with Gasteiger partial charge in [-0.25, -0.2) is 0 Å². The minimum absolute atomic E-state index is 0.175. The Hall–Kier alpha value is -3.89. The summed E-state index contributed by atoms with van der Waals surface area (Å²) >= 11 is 0. The fourth-order valence-corrected chi connectivity index (χ4v) is 10.8. The molecule has 1 amide bonds. The number of carbonyl (C=O) groups excluding carboxylic acids is 1. The Morgan fingerprint density at radius 3 is 2.29 bits per heavy atom. The van der Waals surface area contributed by atoms with Crippen molar-refractivity contribution >= 4 is 17.6 Å². The van der Waals surface area contributed by atoms with Crippen molar-refractivity contribution in [1.82, 2.24) is 20.4 Å². The molecule has 1 aromatic heterocycles. The number of aromatic amines is 1. The number of H-pyrrole nitrogens is 1. The van der Waals surface area contributed by atoms with E-state index in [1.807, 2.05) is 67.3 Å². The van der Waals surface area contributed by atoms with Crippen LogP contribution in [-0.4, -0.2) is 84.1 Å². The van der Waals surface area contributed by atoms with Crippen LogP contribution in [0.25, 0.3) is 0 Å². The molecule has 1 heterocycles. The van der Waals surface area contributed by atoms with Crippen molar-refractivity contribution in [2.75, 3.05) is 45.3 Å². The number of aliphatic carboxylic acids is 1. The number of anilines is 1. The normalized spacial score (nSPS) is 28.6. The van der Waals surface area contributed by atoms with Crippen molar-refractivity contribution < 1.29 is 24.2 Å². The van der Waals surface area contributed by atoms with E-state index >= 15 is 0 Å². The Morgan fingerprint density at radius 1 is 1.02 bits per heavy atom. The van der Waals surface area contributed by atoms with Gasteiger partial charge >= 0.3 is 5.97 Å². The summed E-state index contributed by atoms with van der Waals surface area (Å²) in [7, 11) is 3.38. The van der Waals surface area contributed by atoms with Gasteiger partial charge in [0.1, 0.15) is 17.2 Å². The van der Waals surface area contributed by atoms with Crippen LogP contribution in [-0.2, 0) is 10.2 Å². The second kappa shape index (κ2) is 13.8. The number of aromatic nitrogens is 2.